The van der Waals surface area contributed by atoms with Gasteiger partial charge in [-0.1, -0.05) is 35.9 Å². The first-order chi connectivity index (χ1) is 12.6. The van der Waals surface area contributed by atoms with Gasteiger partial charge >= 0.3 is 5.97 Å². The van der Waals surface area contributed by atoms with Crippen molar-refractivity contribution in [2.75, 3.05) is 13.7 Å². The van der Waals surface area contributed by atoms with Gasteiger partial charge in [0, 0.05) is 11.1 Å². The van der Waals surface area contributed by atoms with Crippen molar-refractivity contribution in [3.05, 3.63) is 64.7 Å². The molecule has 0 saturated carbocycles. The van der Waals surface area contributed by atoms with Crippen molar-refractivity contribution >= 4 is 23.4 Å². The molecule has 3 rings (SSSR count). The van der Waals surface area contributed by atoms with Crippen LogP contribution in [0.3, 0.4) is 0 Å². The Morgan fingerprint density at radius 2 is 1.85 bits per heavy atom. The van der Waals surface area contributed by atoms with Crippen molar-refractivity contribution in [1.82, 2.24) is 10.9 Å². The summed E-state index contributed by atoms with van der Waals surface area (Å²) in [6.45, 7) is -0.330. The number of methoxy groups -OCH3 is 1. The molecule has 1 saturated heterocycles. The summed E-state index contributed by atoms with van der Waals surface area (Å²) in [5, 5.41) is 0.658. The Bertz CT molecular complexity index is 794. The summed E-state index contributed by atoms with van der Waals surface area (Å²) in [6, 6.07) is 13.7. The Hall–Kier alpha value is -2.41. The summed E-state index contributed by atoms with van der Waals surface area (Å²) in [4.78, 5) is 24.5. The minimum Gasteiger partial charge on any atom is -0.496 e. The molecule has 0 aromatic heterocycles. The summed E-state index contributed by atoms with van der Waals surface area (Å²) in [7, 11) is 1.49. The van der Waals surface area contributed by atoms with Crippen molar-refractivity contribution in [3.8, 4) is 5.75 Å². The van der Waals surface area contributed by atoms with Gasteiger partial charge in [-0.15, -0.1) is 0 Å². The van der Waals surface area contributed by atoms with Gasteiger partial charge in [0.05, 0.1) is 12.7 Å². The number of rotatable bonds is 6. The van der Waals surface area contributed by atoms with E-state index in [0.29, 0.717) is 22.8 Å². The number of halogens is 1. The average molecular weight is 375 g/mol. The number of hydrogen-bond donors (Lipinski definition) is 2. The van der Waals surface area contributed by atoms with Gasteiger partial charge < -0.3 is 9.47 Å². The lowest BCUT2D eigenvalue weighted by Crippen LogP contribution is -2.38. The Balaban J connectivity index is 1.54. The van der Waals surface area contributed by atoms with Crippen LogP contribution in [0.4, 0.5) is 0 Å². The van der Waals surface area contributed by atoms with Crippen LogP contribution in [0.5, 0.6) is 5.75 Å². The van der Waals surface area contributed by atoms with Crippen LogP contribution in [0, 0.1) is 0 Å². The molecule has 136 valence electrons. The Labute approximate surface area is 156 Å². The average Bonchev–Trinajstić information content (AvgIpc) is 3.16. The second-order valence-corrected chi connectivity index (χ2v) is 6.35. The molecular weight excluding hydrogens is 356 g/mol. The van der Waals surface area contributed by atoms with Gasteiger partial charge in [-0.3, -0.25) is 9.59 Å². The highest BCUT2D eigenvalue weighted by Crippen LogP contribution is 2.24. The number of carbonyl (C=O) groups excluding carboxylic acids is 2. The highest BCUT2D eigenvalue weighted by molar-refractivity contribution is 6.30. The number of benzene rings is 2. The molecular formula is C19H19ClN2O4. The van der Waals surface area contributed by atoms with Crippen LogP contribution in [0.15, 0.2) is 48.5 Å². The van der Waals surface area contributed by atoms with Crippen LogP contribution in [0.25, 0.3) is 0 Å². The van der Waals surface area contributed by atoms with E-state index in [0.717, 1.165) is 5.56 Å². The molecule has 2 unspecified atom stereocenters. The number of ketones is 1. The van der Waals surface area contributed by atoms with Gasteiger partial charge in [0.2, 0.25) is 5.78 Å². The Kier molecular flexibility index (Phi) is 5.88. The van der Waals surface area contributed by atoms with Crippen LogP contribution in [0.2, 0.25) is 5.02 Å². The number of nitrogens with one attached hydrogen (secondary N) is 2. The van der Waals surface area contributed by atoms with E-state index in [9.17, 15) is 9.59 Å². The molecule has 2 N–H and O–H groups in total. The van der Waals surface area contributed by atoms with Gasteiger partial charge in [0.25, 0.3) is 0 Å². The zero-order valence-corrected chi connectivity index (χ0v) is 15.0. The smallest absolute Gasteiger partial charge is 0.325 e. The van der Waals surface area contributed by atoms with Crippen LogP contribution < -0.4 is 15.6 Å². The number of carbonyl (C=O) groups is 2. The third kappa shape index (κ3) is 4.22. The molecule has 0 radical (unpaired) electrons. The van der Waals surface area contributed by atoms with Crippen molar-refractivity contribution in [2.24, 2.45) is 0 Å². The number of Topliss-reactive ketones (excluding diaryl/α,β-unsaturated/α-hetero) is 1. The van der Waals surface area contributed by atoms with Gasteiger partial charge in [-0.05, 0) is 36.2 Å². The zero-order valence-electron chi connectivity index (χ0n) is 14.2. The van der Waals surface area contributed by atoms with E-state index in [1.54, 1.807) is 36.4 Å². The molecule has 2 atom stereocenters. The lowest BCUT2D eigenvalue weighted by atomic mass is 10.0. The van der Waals surface area contributed by atoms with E-state index >= 15 is 0 Å². The second-order valence-electron chi connectivity index (χ2n) is 5.91. The molecule has 1 aliphatic heterocycles. The molecule has 1 heterocycles. The third-order valence-electron chi connectivity index (χ3n) is 4.21. The maximum absolute atomic E-state index is 12.3. The van der Waals surface area contributed by atoms with Gasteiger partial charge in [0.1, 0.15) is 11.8 Å². The fourth-order valence-electron chi connectivity index (χ4n) is 2.81. The first-order valence-electron chi connectivity index (χ1n) is 8.18. The summed E-state index contributed by atoms with van der Waals surface area (Å²) in [5.74, 6) is -0.328. The van der Waals surface area contributed by atoms with Crippen molar-refractivity contribution in [3.63, 3.8) is 0 Å². The SMILES string of the molecule is COc1ccccc1C(=O)COC(=O)C1CC(c2ccc(Cl)cc2)NN1. The maximum Gasteiger partial charge on any atom is 0.325 e. The maximum atomic E-state index is 12.3. The lowest BCUT2D eigenvalue weighted by molar-refractivity contribution is -0.144. The van der Waals surface area contributed by atoms with E-state index in [1.165, 1.54) is 7.11 Å². The fourth-order valence-corrected chi connectivity index (χ4v) is 2.94. The highest BCUT2D eigenvalue weighted by Gasteiger charge is 2.31. The zero-order chi connectivity index (χ0) is 18.5. The summed E-state index contributed by atoms with van der Waals surface area (Å²) < 4.78 is 10.3. The summed E-state index contributed by atoms with van der Waals surface area (Å²) in [6.07, 6.45) is 0.517. The normalized spacial score (nSPS) is 19.2. The van der Waals surface area contributed by atoms with E-state index in [-0.39, 0.29) is 18.4 Å². The topological polar surface area (TPSA) is 76.7 Å². The molecule has 2 aromatic carbocycles. The van der Waals surface area contributed by atoms with Crippen LogP contribution in [-0.2, 0) is 9.53 Å². The predicted octanol–water partition coefficient (Wildman–Crippen LogP) is 2.68. The molecule has 2 aromatic rings. The molecule has 0 bridgehead atoms. The van der Waals surface area contributed by atoms with Gasteiger partial charge in [0.15, 0.2) is 6.61 Å². The van der Waals surface area contributed by atoms with Crippen molar-refractivity contribution in [2.45, 2.75) is 18.5 Å². The molecule has 1 aliphatic rings. The minimum atomic E-state index is -0.527. The standard InChI is InChI=1S/C19H19ClN2O4/c1-25-18-5-3-2-4-14(18)17(23)11-26-19(24)16-10-15(21-22-16)12-6-8-13(20)9-7-12/h2-9,15-16,21-22H,10-11H2,1H3. The fraction of sp³-hybridized carbons (Fsp3) is 0.263. The van der Waals surface area contributed by atoms with Gasteiger partial charge in [-0.25, -0.2) is 10.9 Å². The first-order valence-corrected chi connectivity index (χ1v) is 8.55. The quantitative estimate of drug-likeness (QED) is 0.598. The number of hydrazine groups is 1. The van der Waals surface area contributed by atoms with Gasteiger partial charge in [-0.2, -0.15) is 0 Å². The monoisotopic (exact) mass is 374 g/mol. The summed E-state index contributed by atoms with van der Waals surface area (Å²) in [5.41, 5.74) is 7.38. The third-order valence-corrected chi connectivity index (χ3v) is 4.46. The predicted molar refractivity (Wildman–Crippen MR) is 97.2 cm³/mol. The van der Waals surface area contributed by atoms with Crippen LogP contribution in [0.1, 0.15) is 28.4 Å². The number of para-hydroxylation sites is 1. The molecule has 7 heteroatoms. The lowest BCUT2D eigenvalue weighted by Gasteiger charge is -2.11. The van der Waals surface area contributed by atoms with Crippen LogP contribution in [-0.4, -0.2) is 31.5 Å². The Morgan fingerprint density at radius 1 is 1.12 bits per heavy atom. The van der Waals surface area contributed by atoms with Crippen LogP contribution >= 0.6 is 11.6 Å². The molecule has 6 nitrogen and oxygen atoms in total. The minimum absolute atomic E-state index is 0.0327. The van der Waals surface area contributed by atoms with E-state index in [1.807, 2.05) is 12.1 Å². The van der Waals surface area contributed by atoms with Crippen molar-refractivity contribution in [1.29, 1.82) is 0 Å². The molecule has 0 spiro atoms. The highest BCUT2D eigenvalue weighted by atomic mass is 35.5. The largest absolute Gasteiger partial charge is 0.496 e. The van der Waals surface area contributed by atoms with Crippen molar-refractivity contribution < 1.29 is 19.1 Å². The molecule has 0 aliphatic carbocycles. The number of ether oxygens (including phenoxy) is 2. The number of esters is 1. The first kappa shape index (κ1) is 18.4. The van der Waals surface area contributed by atoms with E-state index in [4.69, 9.17) is 21.1 Å². The molecule has 26 heavy (non-hydrogen) atoms. The Morgan fingerprint density at radius 3 is 2.58 bits per heavy atom. The van der Waals surface area contributed by atoms with E-state index in [2.05, 4.69) is 10.9 Å². The second kappa shape index (κ2) is 8.31. The number of hydrogen-bond acceptors (Lipinski definition) is 6. The van der Waals surface area contributed by atoms with E-state index < -0.39 is 12.0 Å². The molecule has 1 fully saturated rings. The summed E-state index contributed by atoms with van der Waals surface area (Å²) >= 11 is 5.89. The molecule has 0 amide bonds.